The minimum absolute atomic E-state index is 0.0881. The van der Waals surface area contributed by atoms with Gasteiger partial charge >= 0.3 is 5.97 Å². The molecule has 7 nitrogen and oxygen atoms in total. The van der Waals surface area contributed by atoms with E-state index in [1.54, 1.807) is 37.3 Å². The maximum absolute atomic E-state index is 12.9. The Bertz CT molecular complexity index is 1260. The monoisotopic (exact) mass is 517 g/mol. The Hall–Kier alpha value is -2.91. The van der Waals surface area contributed by atoms with E-state index in [-0.39, 0.29) is 22.0 Å². The molecule has 1 atom stereocenters. The van der Waals surface area contributed by atoms with Crippen LogP contribution in [0, 0.1) is 0 Å². The molecule has 0 aromatic heterocycles. The summed E-state index contributed by atoms with van der Waals surface area (Å²) in [5.41, 5.74) is 1.64. The molecular weight excluding hydrogens is 490 g/mol. The number of halogens is 1. The number of sulfone groups is 1. The van der Waals surface area contributed by atoms with E-state index < -0.39 is 27.7 Å². The van der Waals surface area contributed by atoms with Crippen molar-refractivity contribution in [2.24, 2.45) is 0 Å². The van der Waals surface area contributed by atoms with Crippen LogP contribution >= 0.6 is 11.6 Å². The number of rotatable bonds is 11. The highest BCUT2D eigenvalue weighted by atomic mass is 35.5. The molecule has 3 aromatic carbocycles. The third-order valence-corrected chi connectivity index (χ3v) is 7.40. The van der Waals surface area contributed by atoms with E-state index in [0.717, 1.165) is 30.0 Å². The highest BCUT2D eigenvalue weighted by molar-refractivity contribution is 7.91. The zero-order valence-electron chi connectivity index (χ0n) is 19.3. The number of carbonyl (C=O) groups is 1. The number of hydrogen-bond acceptors (Lipinski definition) is 7. The van der Waals surface area contributed by atoms with Crippen LogP contribution in [-0.4, -0.2) is 44.3 Å². The second kappa shape index (κ2) is 12.2. The summed E-state index contributed by atoms with van der Waals surface area (Å²) in [4.78, 5) is 11.8. The van der Waals surface area contributed by atoms with Crippen molar-refractivity contribution in [1.82, 2.24) is 5.32 Å². The number of aliphatic hydroxyl groups is 1. The van der Waals surface area contributed by atoms with Gasteiger partial charge in [0.2, 0.25) is 9.84 Å². The lowest BCUT2D eigenvalue weighted by molar-refractivity contribution is 0.0523. The zero-order chi connectivity index (χ0) is 25.4. The fraction of sp³-hybridized carbons (Fsp3) is 0.269. The number of phenols is 1. The Kier molecular flexibility index (Phi) is 9.28. The van der Waals surface area contributed by atoms with Gasteiger partial charge in [0.25, 0.3) is 0 Å². The molecule has 3 N–H and O–H groups in total. The number of ether oxygens (including phenoxy) is 1. The predicted molar refractivity (Wildman–Crippen MR) is 134 cm³/mol. The maximum Gasteiger partial charge on any atom is 0.341 e. The van der Waals surface area contributed by atoms with E-state index >= 15 is 0 Å². The van der Waals surface area contributed by atoms with E-state index in [1.807, 2.05) is 6.07 Å². The molecule has 0 saturated heterocycles. The highest BCUT2D eigenvalue weighted by Gasteiger charge is 2.21. The molecule has 9 heteroatoms. The lowest BCUT2D eigenvalue weighted by Gasteiger charge is -2.12. The van der Waals surface area contributed by atoms with Crippen molar-refractivity contribution in [3.8, 4) is 5.75 Å². The summed E-state index contributed by atoms with van der Waals surface area (Å²) in [6.45, 7) is 2.87. The smallest absolute Gasteiger partial charge is 0.341 e. The SMILES string of the molecule is CCOC(=O)c1ccc(S(=O)(=O)c2ccc(CCCNC[C@@H](O)c3cccc(Cl)c3)cc2)cc1O. The van der Waals surface area contributed by atoms with E-state index in [9.17, 15) is 23.4 Å². The van der Waals surface area contributed by atoms with Crippen molar-refractivity contribution in [1.29, 1.82) is 0 Å². The minimum atomic E-state index is -3.86. The number of nitrogens with one attached hydrogen (secondary N) is 1. The van der Waals surface area contributed by atoms with Crippen LogP contribution in [0.4, 0.5) is 0 Å². The second-order valence-corrected chi connectivity index (χ2v) is 10.3. The van der Waals surface area contributed by atoms with Crippen LogP contribution in [-0.2, 0) is 21.0 Å². The fourth-order valence-electron chi connectivity index (χ4n) is 3.52. The Morgan fingerprint density at radius 1 is 1.06 bits per heavy atom. The molecule has 0 aliphatic carbocycles. The van der Waals surface area contributed by atoms with Gasteiger partial charge < -0.3 is 20.3 Å². The van der Waals surface area contributed by atoms with Gasteiger partial charge in [-0.15, -0.1) is 0 Å². The van der Waals surface area contributed by atoms with E-state index in [2.05, 4.69) is 5.32 Å². The summed E-state index contributed by atoms with van der Waals surface area (Å²) in [7, 11) is -3.86. The summed E-state index contributed by atoms with van der Waals surface area (Å²) >= 11 is 5.95. The molecule has 0 aliphatic rings. The van der Waals surface area contributed by atoms with E-state index in [0.29, 0.717) is 18.1 Å². The summed E-state index contributed by atoms with van der Waals surface area (Å²) < 4.78 is 30.7. The summed E-state index contributed by atoms with van der Waals surface area (Å²) in [5, 5.41) is 24.1. The van der Waals surface area contributed by atoms with Crippen LogP contribution in [0.25, 0.3) is 0 Å². The number of benzene rings is 3. The largest absolute Gasteiger partial charge is 0.507 e. The molecule has 0 fully saturated rings. The minimum Gasteiger partial charge on any atom is -0.507 e. The topological polar surface area (TPSA) is 113 Å². The number of hydrogen-bond donors (Lipinski definition) is 3. The Balaban J connectivity index is 1.53. The molecule has 0 amide bonds. The van der Waals surface area contributed by atoms with Gasteiger partial charge in [0.1, 0.15) is 11.3 Å². The zero-order valence-corrected chi connectivity index (χ0v) is 20.8. The van der Waals surface area contributed by atoms with Crippen LogP contribution in [0.2, 0.25) is 5.02 Å². The molecule has 0 aliphatic heterocycles. The van der Waals surface area contributed by atoms with Crippen molar-refractivity contribution in [2.75, 3.05) is 19.7 Å². The molecule has 0 unspecified atom stereocenters. The van der Waals surface area contributed by atoms with Gasteiger partial charge in [-0.2, -0.15) is 0 Å². The molecule has 186 valence electrons. The standard InChI is InChI=1S/C26H28ClNO6S/c1-2-34-26(31)23-13-12-22(16-24(23)29)35(32,33)21-10-8-18(9-11-21)5-4-14-28-17-25(30)19-6-3-7-20(27)15-19/h3,6-13,15-16,25,28-30H,2,4-5,14,17H2,1H3/t25-/m1/s1. The first-order valence-electron chi connectivity index (χ1n) is 11.2. The lowest BCUT2D eigenvalue weighted by atomic mass is 10.1. The number of aromatic hydroxyl groups is 1. The molecule has 0 bridgehead atoms. The number of esters is 1. The van der Waals surface area contributed by atoms with Crippen molar-refractivity contribution in [3.05, 3.63) is 88.4 Å². The van der Waals surface area contributed by atoms with Gasteiger partial charge in [-0.05, 0) is 79.9 Å². The third-order valence-electron chi connectivity index (χ3n) is 5.40. The summed E-state index contributed by atoms with van der Waals surface area (Å²) in [5.74, 6) is -1.17. The lowest BCUT2D eigenvalue weighted by Crippen LogP contribution is -2.22. The van der Waals surface area contributed by atoms with Gasteiger partial charge in [-0.3, -0.25) is 0 Å². The first-order chi connectivity index (χ1) is 16.7. The van der Waals surface area contributed by atoms with Gasteiger partial charge in [0, 0.05) is 11.6 Å². The molecule has 3 rings (SSSR count). The van der Waals surface area contributed by atoms with Crippen LogP contribution in [0.15, 0.2) is 76.5 Å². The fourth-order valence-corrected chi connectivity index (χ4v) is 5.00. The summed E-state index contributed by atoms with van der Waals surface area (Å²) in [6.07, 6.45) is 0.886. The maximum atomic E-state index is 12.9. The molecule has 0 saturated carbocycles. The predicted octanol–water partition coefficient (Wildman–Crippen LogP) is 4.31. The molecule has 0 spiro atoms. The van der Waals surface area contributed by atoms with Crippen LogP contribution in [0.1, 0.15) is 40.9 Å². The van der Waals surface area contributed by atoms with Crippen molar-refractivity contribution < 1.29 is 28.2 Å². The Labute approximate surface area is 210 Å². The van der Waals surface area contributed by atoms with Crippen LogP contribution < -0.4 is 5.32 Å². The molecule has 0 radical (unpaired) electrons. The quantitative estimate of drug-likeness (QED) is 0.256. The van der Waals surface area contributed by atoms with Gasteiger partial charge in [0.15, 0.2) is 0 Å². The Morgan fingerprint density at radius 3 is 2.43 bits per heavy atom. The number of aryl methyl sites for hydroxylation is 1. The number of aliphatic hydroxyl groups excluding tert-OH is 1. The summed E-state index contributed by atoms with van der Waals surface area (Å²) in [6, 6.07) is 17.2. The van der Waals surface area contributed by atoms with Crippen molar-refractivity contribution >= 4 is 27.4 Å². The first-order valence-corrected chi connectivity index (χ1v) is 13.1. The molecular formula is C26H28ClNO6S. The molecule has 0 heterocycles. The van der Waals surface area contributed by atoms with E-state index in [4.69, 9.17) is 16.3 Å². The van der Waals surface area contributed by atoms with E-state index in [1.165, 1.54) is 24.3 Å². The van der Waals surface area contributed by atoms with Crippen molar-refractivity contribution in [3.63, 3.8) is 0 Å². The van der Waals surface area contributed by atoms with Crippen molar-refractivity contribution in [2.45, 2.75) is 35.7 Å². The average molecular weight is 518 g/mol. The Morgan fingerprint density at radius 2 is 1.77 bits per heavy atom. The van der Waals surface area contributed by atoms with Crippen LogP contribution in [0.3, 0.4) is 0 Å². The second-order valence-electron chi connectivity index (χ2n) is 7.93. The van der Waals surface area contributed by atoms with Gasteiger partial charge in [0.05, 0.1) is 22.5 Å². The normalized spacial score (nSPS) is 12.3. The number of phenolic OH excluding ortho intramolecular Hbond substituents is 1. The van der Waals surface area contributed by atoms with Gasteiger partial charge in [-0.25, -0.2) is 13.2 Å². The first kappa shape index (κ1) is 26.7. The van der Waals surface area contributed by atoms with Crippen LogP contribution in [0.5, 0.6) is 5.75 Å². The third kappa shape index (κ3) is 7.05. The van der Waals surface area contributed by atoms with Gasteiger partial charge in [-0.1, -0.05) is 35.9 Å². The number of carbonyl (C=O) groups excluding carboxylic acids is 1. The average Bonchev–Trinajstić information content (AvgIpc) is 2.84. The molecule has 3 aromatic rings. The molecule has 35 heavy (non-hydrogen) atoms. The highest BCUT2D eigenvalue weighted by Crippen LogP contribution is 2.27.